The van der Waals surface area contributed by atoms with E-state index >= 15 is 0 Å². The van der Waals surface area contributed by atoms with E-state index in [9.17, 15) is 0 Å². The summed E-state index contributed by atoms with van der Waals surface area (Å²) >= 11 is 0. The molecule has 1 heteroatoms. The maximum atomic E-state index is 3.40. The van der Waals surface area contributed by atoms with Gasteiger partial charge in [0.25, 0.3) is 0 Å². The summed E-state index contributed by atoms with van der Waals surface area (Å²) < 4.78 is 0. The van der Waals surface area contributed by atoms with Crippen LogP contribution in [-0.4, -0.2) is 13.6 Å². The molecule has 0 amide bonds. The quantitative estimate of drug-likeness (QED) is 0.830. The molecule has 0 bridgehead atoms. The van der Waals surface area contributed by atoms with Crippen molar-refractivity contribution in [1.82, 2.24) is 5.32 Å². The SMILES string of the molecule is CNCC(Cc1c(C)cccc1C)C1CCCC1. The van der Waals surface area contributed by atoms with Gasteiger partial charge in [0, 0.05) is 0 Å². The van der Waals surface area contributed by atoms with E-state index in [1.807, 2.05) is 0 Å². The molecule has 1 N–H and O–H groups in total. The van der Waals surface area contributed by atoms with Gasteiger partial charge in [0.05, 0.1) is 0 Å². The zero-order chi connectivity index (χ0) is 13.0. The first-order valence-corrected chi connectivity index (χ1v) is 7.42. The molecule has 0 aromatic heterocycles. The molecule has 100 valence electrons. The highest BCUT2D eigenvalue weighted by atomic mass is 14.8. The predicted octanol–water partition coefficient (Wildman–Crippen LogP) is 3.87. The van der Waals surface area contributed by atoms with E-state index in [1.54, 1.807) is 5.56 Å². The summed E-state index contributed by atoms with van der Waals surface area (Å²) in [6.07, 6.45) is 7.02. The number of aryl methyl sites for hydroxylation is 2. The van der Waals surface area contributed by atoms with Crippen molar-refractivity contribution < 1.29 is 0 Å². The summed E-state index contributed by atoms with van der Waals surface area (Å²) in [4.78, 5) is 0. The van der Waals surface area contributed by atoms with Crippen molar-refractivity contribution in [1.29, 1.82) is 0 Å². The zero-order valence-electron chi connectivity index (χ0n) is 12.1. The Balaban J connectivity index is 2.12. The molecule has 1 nitrogen and oxygen atoms in total. The van der Waals surface area contributed by atoms with Gasteiger partial charge in [-0.2, -0.15) is 0 Å². The van der Waals surface area contributed by atoms with Crippen LogP contribution in [0.5, 0.6) is 0 Å². The number of benzene rings is 1. The van der Waals surface area contributed by atoms with Gasteiger partial charge in [0.1, 0.15) is 0 Å². The van der Waals surface area contributed by atoms with Crippen LogP contribution in [0.3, 0.4) is 0 Å². The fraction of sp³-hybridized carbons (Fsp3) is 0.647. The van der Waals surface area contributed by atoms with Gasteiger partial charge in [0.2, 0.25) is 0 Å². The van der Waals surface area contributed by atoms with Crippen molar-refractivity contribution >= 4 is 0 Å². The topological polar surface area (TPSA) is 12.0 Å². The fourth-order valence-corrected chi connectivity index (χ4v) is 3.53. The van der Waals surface area contributed by atoms with E-state index in [1.165, 1.54) is 49.8 Å². The Morgan fingerprint density at radius 1 is 1.17 bits per heavy atom. The molecule has 0 saturated heterocycles. The molecule has 2 rings (SSSR count). The Labute approximate surface area is 112 Å². The molecule has 0 heterocycles. The van der Waals surface area contributed by atoms with Crippen LogP contribution in [-0.2, 0) is 6.42 Å². The Morgan fingerprint density at radius 2 is 1.78 bits per heavy atom. The molecule has 0 aliphatic heterocycles. The first-order valence-electron chi connectivity index (χ1n) is 7.42. The second-order valence-corrected chi connectivity index (χ2v) is 5.94. The lowest BCUT2D eigenvalue weighted by molar-refractivity contribution is 0.327. The molecule has 1 aromatic carbocycles. The first kappa shape index (κ1) is 13.6. The van der Waals surface area contributed by atoms with E-state index in [4.69, 9.17) is 0 Å². The molecule has 0 spiro atoms. The van der Waals surface area contributed by atoms with E-state index in [2.05, 4.69) is 44.4 Å². The minimum Gasteiger partial charge on any atom is -0.319 e. The Kier molecular flexibility index (Phi) is 4.82. The summed E-state index contributed by atoms with van der Waals surface area (Å²) in [6.45, 7) is 5.68. The van der Waals surface area contributed by atoms with Crippen molar-refractivity contribution in [3.63, 3.8) is 0 Å². The molecule has 1 aliphatic rings. The van der Waals surface area contributed by atoms with Gasteiger partial charge >= 0.3 is 0 Å². The third-order valence-electron chi connectivity index (χ3n) is 4.64. The minimum atomic E-state index is 0.817. The largest absolute Gasteiger partial charge is 0.319 e. The predicted molar refractivity (Wildman–Crippen MR) is 79.0 cm³/mol. The van der Waals surface area contributed by atoms with Crippen molar-refractivity contribution in [2.24, 2.45) is 11.8 Å². The molecule has 1 unspecified atom stereocenters. The first-order chi connectivity index (χ1) is 8.72. The average Bonchev–Trinajstić information content (AvgIpc) is 2.86. The number of rotatable bonds is 5. The molecular formula is C17H27N. The van der Waals surface area contributed by atoms with Gasteiger partial charge in [-0.1, -0.05) is 43.9 Å². The standard InChI is InChI=1S/C17H27N/c1-13-7-6-8-14(2)17(13)11-16(12-18-3)15-9-4-5-10-15/h6-8,15-16,18H,4-5,9-12H2,1-3H3. The van der Waals surface area contributed by atoms with Crippen molar-refractivity contribution in [3.8, 4) is 0 Å². The Morgan fingerprint density at radius 3 is 2.33 bits per heavy atom. The molecule has 1 fully saturated rings. The third-order valence-corrected chi connectivity index (χ3v) is 4.64. The lowest BCUT2D eigenvalue weighted by Crippen LogP contribution is -2.27. The fourth-order valence-electron chi connectivity index (χ4n) is 3.53. The monoisotopic (exact) mass is 245 g/mol. The van der Waals surface area contributed by atoms with Crippen LogP contribution in [0, 0.1) is 25.7 Å². The van der Waals surface area contributed by atoms with Gasteiger partial charge in [-0.05, 0) is 62.4 Å². The minimum absolute atomic E-state index is 0.817. The number of hydrogen-bond donors (Lipinski definition) is 1. The van der Waals surface area contributed by atoms with Crippen LogP contribution in [0.15, 0.2) is 18.2 Å². The highest BCUT2D eigenvalue weighted by Crippen LogP contribution is 2.34. The van der Waals surface area contributed by atoms with Crippen molar-refractivity contribution in [2.75, 3.05) is 13.6 Å². The normalized spacial score (nSPS) is 18.2. The molecule has 18 heavy (non-hydrogen) atoms. The summed E-state index contributed by atoms with van der Waals surface area (Å²) in [5.74, 6) is 1.76. The Bertz CT molecular complexity index is 357. The molecule has 1 aromatic rings. The summed E-state index contributed by atoms with van der Waals surface area (Å²) in [5, 5.41) is 3.40. The molecule has 1 aliphatic carbocycles. The van der Waals surface area contributed by atoms with Gasteiger partial charge < -0.3 is 5.32 Å². The van der Waals surface area contributed by atoms with E-state index in [0.29, 0.717) is 0 Å². The highest BCUT2D eigenvalue weighted by Gasteiger charge is 2.25. The second kappa shape index (κ2) is 6.38. The number of nitrogens with one attached hydrogen (secondary N) is 1. The Hall–Kier alpha value is -0.820. The van der Waals surface area contributed by atoms with Crippen LogP contribution in [0.1, 0.15) is 42.4 Å². The van der Waals surface area contributed by atoms with Crippen LogP contribution < -0.4 is 5.32 Å². The van der Waals surface area contributed by atoms with Gasteiger partial charge in [-0.15, -0.1) is 0 Å². The zero-order valence-corrected chi connectivity index (χ0v) is 12.1. The van der Waals surface area contributed by atoms with Gasteiger partial charge in [-0.3, -0.25) is 0 Å². The van der Waals surface area contributed by atoms with Crippen LogP contribution in [0.2, 0.25) is 0 Å². The summed E-state index contributed by atoms with van der Waals surface area (Å²) in [7, 11) is 2.09. The van der Waals surface area contributed by atoms with Gasteiger partial charge in [-0.25, -0.2) is 0 Å². The lowest BCUT2D eigenvalue weighted by Gasteiger charge is -2.25. The molecule has 1 atom stereocenters. The van der Waals surface area contributed by atoms with Crippen LogP contribution in [0.4, 0.5) is 0 Å². The highest BCUT2D eigenvalue weighted by molar-refractivity contribution is 5.33. The summed E-state index contributed by atoms with van der Waals surface area (Å²) in [6, 6.07) is 6.69. The van der Waals surface area contributed by atoms with Crippen LogP contribution >= 0.6 is 0 Å². The lowest BCUT2D eigenvalue weighted by atomic mass is 9.83. The average molecular weight is 245 g/mol. The van der Waals surface area contributed by atoms with Crippen LogP contribution in [0.25, 0.3) is 0 Å². The van der Waals surface area contributed by atoms with E-state index in [0.717, 1.165) is 11.8 Å². The smallest absolute Gasteiger partial charge is 0.00177 e. The van der Waals surface area contributed by atoms with Crippen molar-refractivity contribution in [3.05, 3.63) is 34.9 Å². The van der Waals surface area contributed by atoms with Gasteiger partial charge in [0.15, 0.2) is 0 Å². The molecule has 1 saturated carbocycles. The van der Waals surface area contributed by atoms with Crippen molar-refractivity contribution in [2.45, 2.75) is 46.0 Å². The molecular weight excluding hydrogens is 218 g/mol. The van der Waals surface area contributed by atoms with E-state index in [-0.39, 0.29) is 0 Å². The maximum Gasteiger partial charge on any atom is -0.00177 e. The third kappa shape index (κ3) is 3.14. The molecule has 0 radical (unpaired) electrons. The van der Waals surface area contributed by atoms with E-state index < -0.39 is 0 Å². The maximum absolute atomic E-state index is 3.40. The summed E-state index contributed by atoms with van der Waals surface area (Å²) in [5.41, 5.74) is 4.52. The number of hydrogen-bond acceptors (Lipinski definition) is 1. The second-order valence-electron chi connectivity index (χ2n) is 5.94.